The lowest BCUT2D eigenvalue weighted by Gasteiger charge is -1.95. The second-order valence-electron chi connectivity index (χ2n) is 2.60. The molecule has 0 saturated heterocycles. The molecule has 0 amide bonds. The summed E-state index contributed by atoms with van der Waals surface area (Å²) < 4.78 is 5.03. The lowest BCUT2D eigenvalue weighted by atomic mass is 10.1. The van der Waals surface area contributed by atoms with Crippen LogP contribution < -0.4 is 0 Å². The molecule has 0 radical (unpaired) electrons. The van der Waals surface area contributed by atoms with Gasteiger partial charge < -0.3 is 4.74 Å². The van der Waals surface area contributed by atoms with Crippen LogP contribution in [0.4, 0.5) is 0 Å². The maximum absolute atomic E-state index is 11.0. The number of carbonyl (C=O) groups is 1. The standard InChI is InChI=1S/C10H12O2/c1-8(11)9-4-3-5-10(12-2)7-6-9/h4-7H,3H2,1-2H3. The van der Waals surface area contributed by atoms with Crippen LogP contribution in [-0.2, 0) is 9.53 Å². The molecular weight excluding hydrogens is 152 g/mol. The number of ketones is 1. The van der Waals surface area contributed by atoms with Gasteiger partial charge in [-0.15, -0.1) is 0 Å². The molecule has 0 spiro atoms. The largest absolute Gasteiger partial charge is 0.497 e. The molecule has 0 N–H and O–H groups in total. The number of carbonyl (C=O) groups excluding carboxylic acids is 1. The third-order valence-corrected chi connectivity index (χ3v) is 1.73. The van der Waals surface area contributed by atoms with Crippen LogP contribution in [0.2, 0.25) is 0 Å². The van der Waals surface area contributed by atoms with E-state index in [0.29, 0.717) is 0 Å². The summed E-state index contributed by atoms with van der Waals surface area (Å²) >= 11 is 0. The van der Waals surface area contributed by atoms with Gasteiger partial charge in [-0.1, -0.05) is 6.08 Å². The van der Waals surface area contributed by atoms with Crippen molar-refractivity contribution in [1.29, 1.82) is 0 Å². The van der Waals surface area contributed by atoms with Crippen molar-refractivity contribution in [3.05, 3.63) is 35.6 Å². The van der Waals surface area contributed by atoms with E-state index in [2.05, 4.69) is 0 Å². The van der Waals surface area contributed by atoms with Crippen molar-refractivity contribution in [2.75, 3.05) is 7.11 Å². The molecule has 0 aliphatic heterocycles. The normalized spacial score (nSPS) is 16.2. The van der Waals surface area contributed by atoms with Crippen LogP contribution in [0.1, 0.15) is 13.3 Å². The summed E-state index contributed by atoms with van der Waals surface area (Å²) in [5.41, 5.74) is 0.748. The van der Waals surface area contributed by atoms with Gasteiger partial charge in [0.05, 0.1) is 7.11 Å². The average molecular weight is 164 g/mol. The molecule has 0 aromatic rings. The summed E-state index contributed by atoms with van der Waals surface area (Å²) in [6.45, 7) is 1.56. The molecule has 2 heteroatoms. The molecule has 12 heavy (non-hydrogen) atoms. The molecule has 0 unspecified atom stereocenters. The van der Waals surface area contributed by atoms with Crippen molar-refractivity contribution in [3.8, 4) is 0 Å². The molecule has 0 aromatic carbocycles. The molecule has 64 valence electrons. The number of allylic oxidation sites excluding steroid dienone is 5. The molecule has 2 nitrogen and oxygen atoms in total. The van der Waals surface area contributed by atoms with E-state index in [-0.39, 0.29) is 5.78 Å². The summed E-state index contributed by atoms with van der Waals surface area (Å²) in [5.74, 6) is 0.902. The van der Waals surface area contributed by atoms with Gasteiger partial charge in [-0.05, 0) is 31.6 Å². The number of hydrogen-bond donors (Lipinski definition) is 0. The molecular formula is C10H12O2. The van der Waals surface area contributed by atoms with Gasteiger partial charge in [0, 0.05) is 5.57 Å². The summed E-state index contributed by atoms with van der Waals surface area (Å²) in [7, 11) is 1.62. The van der Waals surface area contributed by atoms with Gasteiger partial charge in [0.25, 0.3) is 0 Å². The number of hydrogen-bond acceptors (Lipinski definition) is 2. The smallest absolute Gasteiger partial charge is 0.159 e. The van der Waals surface area contributed by atoms with E-state index in [0.717, 1.165) is 17.8 Å². The molecule has 0 fully saturated rings. The third-order valence-electron chi connectivity index (χ3n) is 1.73. The van der Waals surface area contributed by atoms with Gasteiger partial charge in [-0.3, -0.25) is 4.79 Å². The highest BCUT2D eigenvalue weighted by Gasteiger charge is 2.01. The second kappa shape index (κ2) is 3.90. The Bertz CT molecular complexity index is 270. The molecule has 1 aliphatic rings. The summed E-state index contributed by atoms with van der Waals surface area (Å²) in [4.78, 5) is 11.0. The van der Waals surface area contributed by atoms with E-state index >= 15 is 0 Å². The Morgan fingerprint density at radius 1 is 1.42 bits per heavy atom. The van der Waals surface area contributed by atoms with Gasteiger partial charge in [-0.25, -0.2) is 0 Å². The predicted octanol–water partition coefficient (Wildman–Crippen LogP) is 1.99. The number of Topliss-reactive ketones (excluding diaryl/α,β-unsaturated/α-hetero) is 1. The Hall–Kier alpha value is -1.31. The first kappa shape index (κ1) is 8.78. The minimum atomic E-state index is 0.0944. The van der Waals surface area contributed by atoms with Crippen LogP contribution in [0.25, 0.3) is 0 Å². The van der Waals surface area contributed by atoms with Crippen LogP contribution in [0.15, 0.2) is 35.6 Å². The lowest BCUT2D eigenvalue weighted by molar-refractivity contribution is -0.113. The quantitative estimate of drug-likeness (QED) is 0.624. The Morgan fingerprint density at radius 2 is 2.17 bits per heavy atom. The number of methoxy groups -OCH3 is 1. The van der Waals surface area contributed by atoms with Gasteiger partial charge >= 0.3 is 0 Å². The van der Waals surface area contributed by atoms with Crippen LogP contribution in [0, 0.1) is 0 Å². The summed E-state index contributed by atoms with van der Waals surface area (Å²) in [6, 6.07) is 0. The molecule has 0 heterocycles. The van der Waals surface area contributed by atoms with E-state index in [4.69, 9.17) is 4.74 Å². The summed E-state index contributed by atoms with van der Waals surface area (Å²) in [6.07, 6.45) is 8.17. The fourth-order valence-corrected chi connectivity index (χ4v) is 1.02. The monoisotopic (exact) mass is 164 g/mol. The van der Waals surface area contributed by atoms with Crippen molar-refractivity contribution in [1.82, 2.24) is 0 Å². The topological polar surface area (TPSA) is 26.3 Å². The van der Waals surface area contributed by atoms with E-state index in [1.807, 2.05) is 12.2 Å². The minimum Gasteiger partial charge on any atom is -0.497 e. The van der Waals surface area contributed by atoms with E-state index in [1.165, 1.54) is 0 Å². The molecule has 1 rings (SSSR count). The van der Waals surface area contributed by atoms with Crippen molar-refractivity contribution in [2.24, 2.45) is 0 Å². The fraction of sp³-hybridized carbons (Fsp3) is 0.300. The van der Waals surface area contributed by atoms with Gasteiger partial charge in [0.1, 0.15) is 5.76 Å². The number of ether oxygens (including phenoxy) is 1. The van der Waals surface area contributed by atoms with Crippen LogP contribution >= 0.6 is 0 Å². The first-order valence-corrected chi connectivity index (χ1v) is 3.87. The first-order valence-electron chi connectivity index (χ1n) is 3.87. The zero-order valence-electron chi connectivity index (χ0n) is 7.33. The van der Waals surface area contributed by atoms with E-state index in [9.17, 15) is 4.79 Å². The SMILES string of the molecule is COC1=CCC=C(C(C)=O)C=C1. The van der Waals surface area contributed by atoms with Crippen molar-refractivity contribution >= 4 is 5.78 Å². The molecule has 0 bridgehead atoms. The van der Waals surface area contributed by atoms with Gasteiger partial charge in [0.15, 0.2) is 5.78 Å². The van der Waals surface area contributed by atoms with Crippen LogP contribution in [0.3, 0.4) is 0 Å². The Morgan fingerprint density at radius 3 is 2.75 bits per heavy atom. The molecule has 0 atom stereocenters. The van der Waals surface area contributed by atoms with Crippen LogP contribution in [-0.4, -0.2) is 12.9 Å². The average Bonchev–Trinajstić information content (AvgIpc) is 2.28. The molecule has 0 aromatic heterocycles. The lowest BCUT2D eigenvalue weighted by Crippen LogP contribution is -1.91. The predicted molar refractivity (Wildman–Crippen MR) is 47.6 cm³/mol. The second-order valence-corrected chi connectivity index (χ2v) is 2.60. The number of rotatable bonds is 2. The zero-order chi connectivity index (χ0) is 8.97. The van der Waals surface area contributed by atoms with Crippen molar-refractivity contribution < 1.29 is 9.53 Å². The van der Waals surface area contributed by atoms with Crippen molar-refractivity contribution in [3.63, 3.8) is 0 Å². The first-order chi connectivity index (χ1) is 5.74. The molecule has 1 aliphatic carbocycles. The highest BCUT2D eigenvalue weighted by atomic mass is 16.5. The Labute approximate surface area is 72.2 Å². The zero-order valence-corrected chi connectivity index (χ0v) is 7.33. The van der Waals surface area contributed by atoms with E-state index in [1.54, 1.807) is 26.2 Å². The Kier molecular flexibility index (Phi) is 2.86. The highest BCUT2D eigenvalue weighted by Crippen LogP contribution is 2.11. The Balaban J connectivity index is 2.77. The highest BCUT2D eigenvalue weighted by molar-refractivity contribution is 5.96. The maximum Gasteiger partial charge on any atom is 0.159 e. The summed E-state index contributed by atoms with van der Waals surface area (Å²) in [5, 5.41) is 0. The fourth-order valence-electron chi connectivity index (χ4n) is 1.02. The molecule has 0 saturated carbocycles. The van der Waals surface area contributed by atoms with Crippen LogP contribution in [0.5, 0.6) is 0 Å². The van der Waals surface area contributed by atoms with E-state index < -0.39 is 0 Å². The van der Waals surface area contributed by atoms with Gasteiger partial charge in [0.2, 0.25) is 0 Å². The third kappa shape index (κ3) is 2.09. The van der Waals surface area contributed by atoms with Gasteiger partial charge in [-0.2, -0.15) is 0 Å². The maximum atomic E-state index is 11.0. The van der Waals surface area contributed by atoms with Crippen molar-refractivity contribution in [2.45, 2.75) is 13.3 Å². The minimum absolute atomic E-state index is 0.0944.